The molecule has 1 unspecified atom stereocenters. The molecule has 0 heterocycles. The molecule has 23 heavy (non-hydrogen) atoms. The van der Waals surface area contributed by atoms with E-state index in [1.165, 1.54) is 18.2 Å². The number of rotatable bonds is 7. The summed E-state index contributed by atoms with van der Waals surface area (Å²) in [5, 5.41) is 2.82. The molecule has 1 aromatic rings. The number of nitrogens with one attached hydrogen (secondary N) is 1. The van der Waals surface area contributed by atoms with Crippen LogP contribution in [0.2, 0.25) is 0 Å². The average Bonchev–Trinajstić information content (AvgIpc) is 2.43. The van der Waals surface area contributed by atoms with Crippen LogP contribution in [0.15, 0.2) is 29.2 Å². The summed E-state index contributed by atoms with van der Waals surface area (Å²) in [6, 6.07) is 5.66. The van der Waals surface area contributed by atoms with Gasteiger partial charge in [0.15, 0.2) is 0 Å². The van der Waals surface area contributed by atoms with E-state index in [0.717, 1.165) is 6.42 Å². The summed E-state index contributed by atoms with van der Waals surface area (Å²) >= 11 is 0. The molecule has 1 atom stereocenters. The third-order valence-corrected chi connectivity index (χ3v) is 5.20. The molecule has 1 aromatic carbocycles. The van der Waals surface area contributed by atoms with Gasteiger partial charge in [0.25, 0.3) is 10.1 Å². The van der Waals surface area contributed by atoms with E-state index in [-0.39, 0.29) is 16.7 Å². The first-order valence-corrected chi connectivity index (χ1v) is 9.36. The van der Waals surface area contributed by atoms with Crippen LogP contribution in [-0.4, -0.2) is 18.9 Å². The fourth-order valence-corrected chi connectivity index (χ4v) is 3.55. The summed E-state index contributed by atoms with van der Waals surface area (Å²) in [6.07, 6.45) is 1.46. The van der Waals surface area contributed by atoms with E-state index in [1.807, 2.05) is 20.8 Å². The Morgan fingerprint density at radius 1 is 1.26 bits per heavy atom. The molecule has 0 saturated carbocycles. The first-order valence-electron chi connectivity index (χ1n) is 7.92. The van der Waals surface area contributed by atoms with Gasteiger partial charge in [0.2, 0.25) is 5.91 Å². The van der Waals surface area contributed by atoms with E-state index in [0.29, 0.717) is 18.0 Å². The molecule has 0 fully saturated rings. The van der Waals surface area contributed by atoms with E-state index in [1.54, 1.807) is 6.07 Å². The van der Waals surface area contributed by atoms with Gasteiger partial charge >= 0.3 is 0 Å². The number of benzene rings is 1. The number of anilines is 1. The Morgan fingerprint density at radius 2 is 1.87 bits per heavy atom. The minimum absolute atomic E-state index is 0.115. The summed E-state index contributed by atoms with van der Waals surface area (Å²) in [5.41, 5.74) is -0.144. The monoisotopic (exact) mass is 341 g/mol. The second kappa shape index (κ2) is 7.45. The number of amides is 1. The molecule has 1 amide bonds. The number of hydrogen-bond acceptors (Lipinski definition) is 3. The standard InChI is InChI=1S/C17H27NO4S/c1-6-17(13(4)5,11-12(2)3)16(19)18-14-8-7-9-15(10-14)23(20,21)22/h7-10,12-13H,6,11H2,1-5H3,(H,18,19)(H,20,21,22). The Hall–Kier alpha value is -1.40. The maximum atomic E-state index is 12.9. The second-order valence-corrected chi connectivity index (χ2v) is 8.14. The number of hydrogen-bond donors (Lipinski definition) is 2. The highest BCUT2D eigenvalue weighted by molar-refractivity contribution is 7.85. The predicted octanol–water partition coefficient (Wildman–Crippen LogP) is 3.97. The zero-order valence-corrected chi connectivity index (χ0v) is 15.3. The molecule has 130 valence electrons. The van der Waals surface area contributed by atoms with Crippen LogP contribution in [0.1, 0.15) is 47.5 Å². The molecule has 0 aliphatic heterocycles. The largest absolute Gasteiger partial charge is 0.326 e. The topological polar surface area (TPSA) is 83.5 Å². The molecule has 0 aliphatic rings. The summed E-state index contributed by atoms with van der Waals surface area (Å²) in [7, 11) is -4.29. The Bertz CT molecular complexity index is 652. The minimum atomic E-state index is -4.29. The van der Waals surface area contributed by atoms with Gasteiger partial charge in [-0.25, -0.2) is 0 Å². The van der Waals surface area contributed by atoms with Gasteiger partial charge < -0.3 is 5.32 Å². The van der Waals surface area contributed by atoms with Gasteiger partial charge in [0, 0.05) is 5.69 Å². The minimum Gasteiger partial charge on any atom is -0.326 e. The predicted molar refractivity (Wildman–Crippen MR) is 91.9 cm³/mol. The average molecular weight is 341 g/mol. The van der Waals surface area contributed by atoms with Crippen LogP contribution in [0.25, 0.3) is 0 Å². The van der Waals surface area contributed by atoms with E-state index in [4.69, 9.17) is 4.55 Å². The maximum absolute atomic E-state index is 12.9. The Kier molecular flexibility index (Phi) is 6.36. The summed E-state index contributed by atoms with van der Waals surface area (Å²) < 4.78 is 31.6. The van der Waals surface area contributed by atoms with Crippen molar-refractivity contribution in [2.24, 2.45) is 17.3 Å². The number of carbonyl (C=O) groups is 1. The van der Waals surface area contributed by atoms with Gasteiger partial charge in [-0.1, -0.05) is 40.7 Å². The third-order valence-electron chi connectivity index (χ3n) is 4.35. The zero-order valence-electron chi connectivity index (χ0n) is 14.5. The van der Waals surface area contributed by atoms with Gasteiger partial charge in [-0.3, -0.25) is 9.35 Å². The van der Waals surface area contributed by atoms with Crippen molar-refractivity contribution >= 4 is 21.7 Å². The normalized spacial score (nSPS) is 14.8. The molecular weight excluding hydrogens is 314 g/mol. The van der Waals surface area contributed by atoms with Crippen LogP contribution in [0.3, 0.4) is 0 Å². The summed E-state index contributed by atoms with van der Waals surface area (Å²) in [5.74, 6) is 0.406. The van der Waals surface area contributed by atoms with Gasteiger partial charge in [-0.15, -0.1) is 0 Å². The van der Waals surface area contributed by atoms with Crippen molar-refractivity contribution in [2.45, 2.75) is 52.4 Å². The van der Waals surface area contributed by atoms with Gasteiger partial charge in [-0.2, -0.15) is 8.42 Å². The molecule has 1 rings (SSSR count). The Morgan fingerprint density at radius 3 is 2.30 bits per heavy atom. The highest BCUT2D eigenvalue weighted by Crippen LogP contribution is 2.39. The van der Waals surface area contributed by atoms with Crippen molar-refractivity contribution in [1.82, 2.24) is 0 Å². The van der Waals surface area contributed by atoms with Gasteiger partial charge in [-0.05, 0) is 42.9 Å². The molecule has 0 saturated heterocycles. The van der Waals surface area contributed by atoms with Crippen molar-refractivity contribution in [3.8, 4) is 0 Å². The maximum Gasteiger partial charge on any atom is 0.294 e. The first-order chi connectivity index (χ1) is 10.5. The molecule has 2 N–H and O–H groups in total. The highest BCUT2D eigenvalue weighted by Gasteiger charge is 2.40. The quantitative estimate of drug-likeness (QED) is 0.735. The van der Waals surface area contributed by atoms with Crippen molar-refractivity contribution in [1.29, 1.82) is 0 Å². The van der Waals surface area contributed by atoms with Crippen LogP contribution >= 0.6 is 0 Å². The lowest BCUT2D eigenvalue weighted by Gasteiger charge is -2.37. The molecule has 0 radical (unpaired) electrons. The summed E-state index contributed by atoms with van der Waals surface area (Å²) in [4.78, 5) is 12.6. The van der Waals surface area contributed by atoms with Crippen molar-refractivity contribution in [3.63, 3.8) is 0 Å². The molecule has 0 bridgehead atoms. The van der Waals surface area contributed by atoms with Crippen LogP contribution < -0.4 is 5.32 Å². The molecular formula is C17H27NO4S. The van der Waals surface area contributed by atoms with Gasteiger partial charge in [0.1, 0.15) is 0 Å². The molecule has 0 spiro atoms. The summed E-state index contributed by atoms with van der Waals surface area (Å²) in [6.45, 7) is 10.2. The van der Waals surface area contributed by atoms with Gasteiger partial charge in [0.05, 0.1) is 10.3 Å². The third kappa shape index (κ3) is 4.78. The van der Waals surface area contributed by atoms with Crippen molar-refractivity contribution in [2.75, 3.05) is 5.32 Å². The lowest BCUT2D eigenvalue weighted by Crippen LogP contribution is -2.41. The van der Waals surface area contributed by atoms with Crippen LogP contribution in [-0.2, 0) is 14.9 Å². The lowest BCUT2D eigenvalue weighted by atomic mass is 9.69. The van der Waals surface area contributed by atoms with E-state index in [2.05, 4.69) is 19.2 Å². The molecule has 0 aliphatic carbocycles. The molecule has 6 heteroatoms. The Balaban J connectivity index is 3.13. The second-order valence-electron chi connectivity index (χ2n) is 6.72. The SMILES string of the molecule is CCC(CC(C)C)(C(=O)Nc1cccc(S(=O)(=O)O)c1)C(C)C. The van der Waals surface area contributed by atoms with Crippen molar-refractivity contribution in [3.05, 3.63) is 24.3 Å². The molecule has 5 nitrogen and oxygen atoms in total. The van der Waals surface area contributed by atoms with Crippen LogP contribution in [0.4, 0.5) is 5.69 Å². The number of carbonyl (C=O) groups excluding carboxylic acids is 1. The molecule has 0 aromatic heterocycles. The first kappa shape index (κ1) is 19.6. The lowest BCUT2D eigenvalue weighted by molar-refractivity contribution is -0.129. The van der Waals surface area contributed by atoms with Crippen LogP contribution in [0, 0.1) is 17.3 Å². The zero-order chi connectivity index (χ0) is 17.8. The van der Waals surface area contributed by atoms with E-state index >= 15 is 0 Å². The Labute approximate surface area is 139 Å². The fourth-order valence-electron chi connectivity index (χ4n) is 3.02. The van der Waals surface area contributed by atoms with Crippen molar-refractivity contribution < 1.29 is 17.8 Å². The van der Waals surface area contributed by atoms with E-state index in [9.17, 15) is 13.2 Å². The fraction of sp³-hybridized carbons (Fsp3) is 0.588. The van der Waals surface area contributed by atoms with E-state index < -0.39 is 15.5 Å². The smallest absolute Gasteiger partial charge is 0.294 e. The highest BCUT2D eigenvalue weighted by atomic mass is 32.2. The van der Waals surface area contributed by atoms with Crippen LogP contribution in [0.5, 0.6) is 0 Å².